The third-order valence-corrected chi connectivity index (χ3v) is 16.0. The van der Waals surface area contributed by atoms with E-state index in [9.17, 15) is 21.9 Å². The maximum atomic E-state index is 15.7. The standard InChI is InChI=1S/C33H36F4O7S3/c34-32(35,16-17-45(39,40)43-24-30-19-25-18-26(20-30)22-31(38,21-25)23-30)33(36,37)47(41,42)44-46(27-10-4-1-5-11-27,28-12-6-2-7-13-28)29-14-8-3-9-15-29/h1-15,25-26,38H,16-24H2. The average Bonchev–Trinajstić information content (AvgIpc) is 3.02. The van der Waals surface area contributed by atoms with Crippen LogP contribution in [0.2, 0.25) is 0 Å². The molecular weight excluding hydrogens is 681 g/mol. The Morgan fingerprint density at radius 1 is 0.723 bits per heavy atom. The largest absolute Gasteiger partial charge is 0.432 e. The quantitative estimate of drug-likeness (QED) is 0.144. The van der Waals surface area contributed by atoms with E-state index in [2.05, 4.69) is 0 Å². The third-order valence-electron chi connectivity index (χ3n) is 9.52. The van der Waals surface area contributed by atoms with Crippen molar-refractivity contribution in [3.05, 3.63) is 91.0 Å². The number of aliphatic hydroxyl groups is 1. The number of halogens is 4. The van der Waals surface area contributed by atoms with Gasteiger partial charge in [-0.05, 0) is 102 Å². The summed E-state index contributed by atoms with van der Waals surface area (Å²) >= 11 is 0. The van der Waals surface area contributed by atoms with Gasteiger partial charge in [-0.3, -0.25) is 4.18 Å². The lowest BCUT2D eigenvalue weighted by molar-refractivity contribution is -0.172. The lowest BCUT2D eigenvalue weighted by Gasteiger charge is -2.60. The molecule has 47 heavy (non-hydrogen) atoms. The van der Waals surface area contributed by atoms with Gasteiger partial charge in [-0.25, -0.2) is 3.63 Å². The summed E-state index contributed by atoms with van der Waals surface area (Å²) in [7, 11) is -14.8. The Bertz CT molecular complexity index is 1680. The van der Waals surface area contributed by atoms with Crippen LogP contribution in [0.15, 0.2) is 106 Å². The summed E-state index contributed by atoms with van der Waals surface area (Å²) < 4.78 is 125. The summed E-state index contributed by atoms with van der Waals surface area (Å²) in [4.78, 5) is 0.473. The van der Waals surface area contributed by atoms with E-state index in [1.807, 2.05) is 0 Å². The predicted molar refractivity (Wildman–Crippen MR) is 168 cm³/mol. The molecule has 4 saturated carbocycles. The van der Waals surface area contributed by atoms with Crippen molar-refractivity contribution >= 4 is 30.5 Å². The van der Waals surface area contributed by atoms with Crippen LogP contribution in [0.25, 0.3) is 0 Å². The first kappa shape index (κ1) is 34.4. The van der Waals surface area contributed by atoms with Crippen LogP contribution in [0.5, 0.6) is 0 Å². The lowest BCUT2D eigenvalue weighted by Crippen LogP contribution is -2.57. The van der Waals surface area contributed by atoms with E-state index in [-0.39, 0.29) is 33.1 Å². The highest BCUT2D eigenvalue weighted by atomic mass is 32.3. The number of benzene rings is 3. The van der Waals surface area contributed by atoms with Crippen LogP contribution in [0.3, 0.4) is 0 Å². The van der Waals surface area contributed by atoms with Gasteiger partial charge in [0.1, 0.15) is 0 Å². The summed E-state index contributed by atoms with van der Waals surface area (Å²) in [5, 5.41) is 5.09. The fourth-order valence-electron chi connectivity index (χ4n) is 7.97. The van der Waals surface area contributed by atoms with Crippen molar-refractivity contribution in [1.29, 1.82) is 0 Å². The van der Waals surface area contributed by atoms with E-state index in [0.29, 0.717) is 32.1 Å². The minimum atomic E-state index is -6.45. The Kier molecular flexibility index (Phi) is 8.87. The van der Waals surface area contributed by atoms with Crippen molar-refractivity contribution in [2.75, 3.05) is 12.4 Å². The first-order valence-electron chi connectivity index (χ1n) is 15.3. The number of hydrogen-bond donors (Lipinski definition) is 1. The molecule has 7 rings (SSSR count). The average molecular weight is 717 g/mol. The van der Waals surface area contributed by atoms with Crippen LogP contribution in [0.4, 0.5) is 17.6 Å². The molecule has 3 aromatic carbocycles. The van der Waals surface area contributed by atoms with Crippen LogP contribution < -0.4 is 0 Å². The van der Waals surface area contributed by atoms with Gasteiger partial charge in [0.05, 0.1) is 18.0 Å². The van der Waals surface area contributed by atoms with Gasteiger partial charge in [0.2, 0.25) is 0 Å². The summed E-state index contributed by atoms with van der Waals surface area (Å²) in [5.74, 6) is -6.49. The zero-order chi connectivity index (χ0) is 33.8. The summed E-state index contributed by atoms with van der Waals surface area (Å²) in [6, 6.07) is 22.9. The molecule has 256 valence electrons. The number of rotatable bonds is 13. The van der Waals surface area contributed by atoms with Gasteiger partial charge in [-0.15, -0.1) is 0 Å². The fourth-order valence-corrected chi connectivity index (χ4v) is 14.3. The molecule has 0 spiro atoms. The van der Waals surface area contributed by atoms with Gasteiger partial charge in [0.15, 0.2) is 0 Å². The van der Waals surface area contributed by atoms with E-state index < -0.39 is 64.9 Å². The van der Waals surface area contributed by atoms with Gasteiger partial charge in [-0.1, -0.05) is 54.6 Å². The van der Waals surface area contributed by atoms with E-state index in [1.165, 1.54) is 36.4 Å². The second-order valence-corrected chi connectivity index (χ2v) is 19.4. The molecule has 4 aliphatic rings. The monoisotopic (exact) mass is 716 g/mol. The zero-order valence-corrected chi connectivity index (χ0v) is 27.8. The van der Waals surface area contributed by atoms with Crippen molar-refractivity contribution in [3.8, 4) is 0 Å². The molecule has 0 heterocycles. The fraction of sp³-hybridized carbons (Fsp3) is 0.455. The third kappa shape index (κ3) is 6.49. The topological polar surface area (TPSA) is 107 Å². The van der Waals surface area contributed by atoms with Gasteiger partial charge < -0.3 is 5.11 Å². The molecule has 4 fully saturated rings. The molecule has 14 heteroatoms. The van der Waals surface area contributed by atoms with Crippen molar-refractivity contribution in [2.45, 2.75) is 76.4 Å². The second-order valence-electron chi connectivity index (χ2n) is 13.2. The zero-order valence-electron chi connectivity index (χ0n) is 25.3. The van der Waals surface area contributed by atoms with Gasteiger partial charge >= 0.3 is 21.3 Å². The van der Waals surface area contributed by atoms with E-state index in [1.54, 1.807) is 54.6 Å². The van der Waals surface area contributed by atoms with Crippen LogP contribution in [-0.4, -0.2) is 51.1 Å². The maximum absolute atomic E-state index is 15.7. The van der Waals surface area contributed by atoms with Crippen molar-refractivity contribution in [1.82, 2.24) is 0 Å². The first-order valence-corrected chi connectivity index (χ1v) is 19.8. The Hall–Kier alpha value is -2.49. The summed E-state index contributed by atoms with van der Waals surface area (Å²) in [6.07, 6.45) is 1.71. The molecule has 2 unspecified atom stereocenters. The highest BCUT2D eigenvalue weighted by molar-refractivity contribution is 8.33. The Balaban J connectivity index is 1.24. The van der Waals surface area contributed by atoms with Gasteiger partial charge in [0.25, 0.3) is 10.1 Å². The second kappa shape index (κ2) is 12.1. The van der Waals surface area contributed by atoms with Crippen molar-refractivity contribution in [2.24, 2.45) is 17.3 Å². The Morgan fingerprint density at radius 2 is 1.17 bits per heavy atom. The van der Waals surface area contributed by atoms with Crippen LogP contribution in [0.1, 0.15) is 44.9 Å². The highest BCUT2D eigenvalue weighted by Crippen LogP contribution is 2.71. The van der Waals surface area contributed by atoms with Crippen LogP contribution in [-0.2, 0) is 28.0 Å². The minimum absolute atomic E-state index is 0.158. The maximum Gasteiger partial charge on any atom is 0.432 e. The normalized spacial score (nSPS) is 26.7. The molecule has 7 nitrogen and oxygen atoms in total. The molecule has 0 saturated heterocycles. The van der Waals surface area contributed by atoms with Crippen LogP contribution >= 0.6 is 10.3 Å². The molecule has 2 atom stereocenters. The van der Waals surface area contributed by atoms with Gasteiger partial charge in [0, 0.05) is 21.1 Å². The van der Waals surface area contributed by atoms with E-state index in [4.69, 9.17) is 7.81 Å². The molecule has 4 aliphatic carbocycles. The molecule has 0 aliphatic heterocycles. The Morgan fingerprint density at radius 3 is 1.60 bits per heavy atom. The summed E-state index contributed by atoms with van der Waals surface area (Å²) in [6.45, 7) is -0.356. The predicted octanol–water partition coefficient (Wildman–Crippen LogP) is 7.53. The van der Waals surface area contributed by atoms with Crippen LogP contribution in [0, 0.1) is 17.3 Å². The molecule has 0 amide bonds. The SMILES string of the molecule is O=S(=O)(CCC(F)(F)C(F)(F)S(=O)(=O)OS(c1ccccc1)(c1ccccc1)c1ccccc1)OCC12CC3CC(CC(O)(C3)C1)C2. The smallest absolute Gasteiger partial charge is 0.390 e. The molecular formula is C33H36F4O7S3. The van der Waals surface area contributed by atoms with Crippen molar-refractivity contribution in [3.63, 3.8) is 0 Å². The van der Waals surface area contributed by atoms with E-state index >= 15 is 17.6 Å². The number of alkyl halides is 4. The molecule has 0 radical (unpaired) electrons. The Labute approximate surface area is 274 Å². The first-order chi connectivity index (χ1) is 22.0. The van der Waals surface area contributed by atoms with E-state index in [0.717, 1.165) is 6.42 Å². The minimum Gasteiger partial charge on any atom is -0.390 e. The molecule has 3 aromatic rings. The molecule has 4 bridgehead atoms. The van der Waals surface area contributed by atoms with Gasteiger partial charge in [-0.2, -0.15) is 34.4 Å². The lowest BCUT2D eigenvalue weighted by atomic mass is 9.48. The summed E-state index contributed by atoms with van der Waals surface area (Å²) in [5.41, 5.74) is -1.56. The molecule has 1 N–H and O–H groups in total. The molecule has 0 aromatic heterocycles. The van der Waals surface area contributed by atoms with Crippen molar-refractivity contribution < 1.29 is 47.3 Å². The highest BCUT2D eigenvalue weighted by Gasteiger charge is 2.68. The number of hydrogen-bond acceptors (Lipinski definition) is 7.